The van der Waals surface area contributed by atoms with Crippen LogP contribution in [0, 0.1) is 0 Å². The summed E-state index contributed by atoms with van der Waals surface area (Å²) in [6.07, 6.45) is 6.19. The zero-order chi connectivity index (χ0) is 9.68. The number of rotatable bonds is 4. The summed E-state index contributed by atoms with van der Waals surface area (Å²) in [5.41, 5.74) is 0. The molecule has 13 heavy (non-hydrogen) atoms. The van der Waals surface area contributed by atoms with Crippen LogP contribution in [0.25, 0.3) is 6.08 Å². The van der Waals surface area contributed by atoms with Gasteiger partial charge in [-0.2, -0.15) is 0 Å². The van der Waals surface area contributed by atoms with E-state index in [0.29, 0.717) is 0 Å². The van der Waals surface area contributed by atoms with Crippen LogP contribution in [0.1, 0.15) is 19.2 Å². The molecule has 0 aliphatic rings. The van der Waals surface area contributed by atoms with Crippen molar-refractivity contribution >= 4 is 13.2 Å². The first-order chi connectivity index (χ1) is 6.24. The third kappa shape index (κ3) is 3.04. The van der Waals surface area contributed by atoms with Gasteiger partial charge in [-0.25, -0.2) is 4.98 Å². The number of hydrogen-bond donors (Lipinski definition) is 2. The predicted molar refractivity (Wildman–Crippen MR) is 51.7 cm³/mol. The van der Waals surface area contributed by atoms with Crippen molar-refractivity contribution in [3.05, 3.63) is 24.2 Å². The van der Waals surface area contributed by atoms with Crippen molar-refractivity contribution in [2.75, 3.05) is 0 Å². The molecule has 1 aromatic heterocycles. The molecule has 0 spiro atoms. The van der Waals surface area contributed by atoms with E-state index in [0.717, 1.165) is 18.8 Å². The topological polar surface area (TPSA) is 58.3 Å². The molecule has 2 N–H and O–H groups in total. The number of hydrogen-bond acceptors (Lipinski definition) is 3. The summed E-state index contributed by atoms with van der Waals surface area (Å²) < 4.78 is 1.96. The minimum absolute atomic E-state index is 0.745. The smallest absolute Gasteiger partial charge is 0.424 e. The summed E-state index contributed by atoms with van der Waals surface area (Å²) >= 11 is 0. The molecule has 0 saturated heterocycles. The van der Waals surface area contributed by atoms with E-state index in [1.807, 2.05) is 10.8 Å². The predicted octanol–water partition coefficient (Wildman–Crippen LogP) is 0.318. The fourth-order valence-electron chi connectivity index (χ4n) is 1.08. The molecule has 1 heterocycles. The summed E-state index contributed by atoms with van der Waals surface area (Å²) in [7, 11) is -1.41. The fraction of sp³-hybridized carbons (Fsp3) is 0.375. The van der Waals surface area contributed by atoms with Crippen molar-refractivity contribution in [1.82, 2.24) is 9.55 Å². The van der Waals surface area contributed by atoms with Crippen LogP contribution in [0.3, 0.4) is 0 Å². The maximum Gasteiger partial charge on any atom is 0.480 e. The van der Waals surface area contributed by atoms with Gasteiger partial charge in [-0.05, 0) is 12.5 Å². The second-order valence-corrected chi connectivity index (χ2v) is 2.75. The molecule has 0 amide bonds. The van der Waals surface area contributed by atoms with E-state index in [9.17, 15) is 0 Å². The van der Waals surface area contributed by atoms with E-state index in [2.05, 4.69) is 11.9 Å². The molecule has 0 fully saturated rings. The summed E-state index contributed by atoms with van der Waals surface area (Å²) in [5, 5.41) is 17.2. The van der Waals surface area contributed by atoms with Gasteiger partial charge >= 0.3 is 7.12 Å². The van der Waals surface area contributed by atoms with Gasteiger partial charge in [-0.3, -0.25) is 0 Å². The molecule has 0 aliphatic carbocycles. The van der Waals surface area contributed by atoms with Crippen LogP contribution in [-0.2, 0) is 6.54 Å². The Kier molecular flexibility index (Phi) is 3.73. The van der Waals surface area contributed by atoms with Crippen molar-refractivity contribution in [1.29, 1.82) is 0 Å². The van der Waals surface area contributed by atoms with E-state index in [1.165, 1.54) is 5.98 Å². The Morgan fingerprint density at radius 1 is 1.62 bits per heavy atom. The molecule has 0 aromatic carbocycles. The first kappa shape index (κ1) is 10.0. The lowest BCUT2D eigenvalue weighted by Gasteiger charge is -2.01. The first-order valence-electron chi connectivity index (χ1n) is 4.29. The first-order valence-corrected chi connectivity index (χ1v) is 4.29. The van der Waals surface area contributed by atoms with E-state index in [4.69, 9.17) is 10.0 Å². The molecule has 0 unspecified atom stereocenters. The average molecular weight is 180 g/mol. The van der Waals surface area contributed by atoms with Gasteiger partial charge in [0.25, 0.3) is 0 Å². The largest absolute Gasteiger partial charge is 0.480 e. The van der Waals surface area contributed by atoms with E-state index < -0.39 is 7.12 Å². The standard InChI is InChI=1S/C8H13BN2O2/c1-2-6-11-7-5-10-8(11)3-4-9(12)13/h3-5,7,12-13H,2,6H2,1H3/b4-3+. The zero-order valence-corrected chi connectivity index (χ0v) is 7.59. The quantitative estimate of drug-likeness (QED) is 0.656. The van der Waals surface area contributed by atoms with Crippen molar-refractivity contribution in [3.63, 3.8) is 0 Å². The van der Waals surface area contributed by atoms with Gasteiger partial charge in [0.05, 0.1) is 0 Å². The monoisotopic (exact) mass is 180 g/mol. The molecule has 1 rings (SSSR count). The van der Waals surface area contributed by atoms with Crippen LogP contribution >= 0.6 is 0 Å². The lowest BCUT2D eigenvalue weighted by molar-refractivity contribution is 0.424. The Balaban J connectivity index is 2.70. The van der Waals surface area contributed by atoms with Crippen molar-refractivity contribution in [2.45, 2.75) is 19.9 Å². The van der Waals surface area contributed by atoms with Gasteiger partial charge in [0.1, 0.15) is 5.82 Å². The molecule has 0 bridgehead atoms. The highest BCUT2D eigenvalue weighted by Gasteiger charge is 2.01. The lowest BCUT2D eigenvalue weighted by atomic mass is 9.92. The SMILES string of the molecule is CCCn1ccnc1/C=C/B(O)O. The maximum atomic E-state index is 8.60. The van der Waals surface area contributed by atoms with Crippen LogP contribution in [0.4, 0.5) is 0 Å². The van der Waals surface area contributed by atoms with Gasteiger partial charge in [0.2, 0.25) is 0 Å². The van der Waals surface area contributed by atoms with Crippen LogP contribution in [0.15, 0.2) is 18.4 Å². The van der Waals surface area contributed by atoms with Crippen molar-refractivity contribution in [2.24, 2.45) is 0 Å². The molecular weight excluding hydrogens is 167 g/mol. The maximum absolute atomic E-state index is 8.60. The molecule has 70 valence electrons. The van der Waals surface area contributed by atoms with E-state index >= 15 is 0 Å². The highest BCUT2D eigenvalue weighted by atomic mass is 16.4. The lowest BCUT2D eigenvalue weighted by Crippen LogP contribution is -2.06. The molecule has 0 aliphatic heterocycles. The Labute approximate surface area is 77.7 Å². The number of imidazole rings is 1. The zero-order valence-electron chi connectivity index (χ0n) is 7.59. The third-order valence-corrected chi connectivity index (χ3v) is 1.63. The van der Waals surface area contributed by atoms with Crippen LogP contribution in [0.5, 0.6) is 0 Å². The van der Waals surface area contributed by atoms with Gasteiger partial charge in [0.15, 0.2) is 0 Å². The number of nitrogens with zero attached hydrogens (tertiary/aromatic N) is 2. The van der Waals surface area contributed by atoms with Crippen molar-refractivity contribution in [3.8, 4) is 0 Å². The second-order valence-electron chi connectivity index (χ2n) is 2.75. The minimum atomic E-state index is -1.41. The normalized spacial score (nSPS) is 11.0. The molecule has 0 radical (unpaired) electrons. The highest BCUT2D eigenvalue weighted by Crippen LogP contribution is 2.01. The van der Waals surface area contributed by atoms with E-state index in [-0.39, 0.29) is 0 Å². The van der Waals surface area contributed by atoms with Gasteiger partial charge < -0.3 is 14.6 Å². The Morgan fingerprint density at radius 2 is 2.38 bits per heavy atom. The van der Waals surface area contributed by atoms with Crippen LogP contribution in [-0.4, -0.2) is 26.7 Å². The highest BCUT2D eigenvalue weighted by molar-refractivity contribution is 6.48. The molecule has 0 atom stereocenters. The van der Waals surface area contributed by atoms with Gasteiger partial charge in [-0.15, -0.1) is 0 Å². The molecule has 0 saturated carbocycles. The molecular formula is C8H13BN2O2. The van der Waals surface area contributed by atoms with E-state index in [1.54, 1.807) is 12.3 Å². The minimum Gasteiger partial charge on any atom is -0.424 e. The number of aryl methyl sites for hydroxylation is 1. The summed E-state index contributed by atoms with van der Waals surface area (Å²) in [4.78, 5) is 4.06. The molecule has 4 nitrogen and oxygen atoms in total. The van der Waals surface area contributed by atoms with Crippen LogP contribution < -0.4 is 0 Å². The molecule has 1 aromatic rings. The van der Waals surface area contributed by atoms with Crippen molar-refractivity contribution < 1.29 is 10.0 Å². The average Bonchev–Trinajstić information content (AvgIpc) is 2.49. The summed E-state index contributed by atoms with van der Waals surface area (Å²) in [5.74, 6) is 2.03. The Bertz CT molecular complexity index is 283. The third-order valence-electron chi connectivity index (χ3n) is 1.63. The van der Waals surface area contributed by atoms with Gasteiger partial charge in [-0.1, -0.05) is 12.9 Å². The summed E-state index contributed by atoms with van der Waals surface area (Å²) in [6, 6.07) is 0. The fourth-order valence-corrected chi connectivity index (χ4v) is 1.08. The Morgan fingerprint density at radius 3 is 3.00 bits per heavy atom. The van der Waals surface area contributed by atoms with Crippen LogP contribution in [0.2, 0.25) is 0 Å². The summed E-state index contributed by atoms with van der Waals surface area (Å²) in [6.45, 7) is 2.97. The number of aromatic nitrogens is 2. The second kappa shape index (κ2) is 4.84. The Hall–Kier alpha value is -1.07. The van der Waals surface area contributed by atoms with Gasteiger partial charge in [0, 0.05) is 18.9 Å². The molecule has 5 heteroatoms.